The summed E-state index contributed by atoms with van der Waals surface area (Å²) in [7, 11) is 0. The van der Waals surface area contributed by atoms with Crippen molar-refractivity contribution in [2.75, 3.05) is 19.7 Å². The van der Waals surface area contributed by atoms with E-state index in [0.29, 0.717) is 25.9 Å². The largest absolute Gasteiger partial charge is 0.394 e. The van der Waals surface area contributed by atoms with Crippen LogP contribution in [0, 0.1) is 0 Å². The normalized spacial score (nSPS) is 26.4. The number of carbonyl (C=O) groups excluding carboxylic acids is 1. The van der Waals surface area contributed by atoms with Crippen LogP contribution in [-0.2, 0) is 9.53 Å². The van der Waals surface area contributed by atoms with Gasteiger partial charge in [-0.25, -0.2) is 0 Å². The zero-order valence-corrected chi connectivity index (χ0v) is 9.19. The van der Waals surface area contributed by atoms with Gasteiger partial charge in [-0.15, -0.1) is 6.58 Å². The van der Waals surface area contributed by atoms with Crippen molar-refractivity contribution in [1.29, 1.82) is 0 Å². The predicted molar refractivity (Wildman–Crippen MR) is 57.4 cm³/mol. The number of hydrogen-bond acceptors (Lipinski definition) is 3. The highest BCUT2D eigenvalue weighted by molar-refractivity contribution is 5.76. The summed E-state index contributed by atoms with van der Waals surface area (Å²) in [4.78, 5) is 13.5. The Morgan fingerprint density at radius 2 is 2.40 bits per heavy atom. The predicted octanol–water partition coefficient (Wildman–Crippen LogP) is 0.561. The van der Waals surface area contributed by atoms with Gasteiger partial charge in [-0.1, -0.05) is 6.08 Å². The van der Waals surface area contributed by atoms with Crippen molar-refractivity contribution in [2.24, 2.45) is 0 Å². The highest BCUT2D eigenvalue weighted by Gasteiger charge is 2.27. The van der Waals surface area contributed by atoms with Crippen molar-refractivity contribution in [1.82, 2.24) is 4.90 Å². The van der Waals surface area contributed by atoms with Crippen LogP contribution in [0.5, 0.6) is 0 Å². The summed E-state index contributed by atoms with van der Waals surface area (Å²) in [6.45, 7) is 6.58. The van der Waals surface area contributed by atoms with E-state index in [0.717, 1.165) is 0 Å². The van der Waals surface area contributed by atoms with Crippen molar-refractivity contribution in [2.45, 2.75) is 32.0 Å². The van der Waals surface area contributed by atoms with Crippen LogP contribution in [0.4, 0.5) is 0 Å². The van der Waals surface area contributed by atoms with Gasteiger partial charge in [-0.2, -0.15) is 0 Å². The maximum Gasteiger partial charge on any atom is 0.223 e. The zero-order chi connectivity index (χ0) is 11.3. The highest BCUT2D eigenvalue weighted by atomic mass is 16.5. The van der Waals surface area contributed by atoms with Gasteiger partial charge in [-0.05, 0) is 13.3 Å². The third-order valence-electron chi connectivity index (χ3n) is 2.44. The number of nitrogens with zero attached hydrogens (tertiary/aromatic N) is 1. The third kappa shape index (κ3) is 3.64. The SMILES string of the molecule is C=CCCC(=O)N1CC(C)OC(CO)C1. The van der Waals surface area contributed by atoms with E-state index in [2.05, 4.69) is 6.58 Å². The number of rotatable bonds is 4. The van der Waals surface area contributed by atoms with Gasteiger partial charge < -0.3 is 14.7 Å². The molecule has 4 nitrogen and oxygen atoms in total. The van der Waals surface area contributed by atoms with Crippen molar-refractivity contribution in [3.8, 4) is 0 Å². The molecule has 1 rings (SSSR count). The summed E-state index contributed by atoms with van der Waals surface area (Å²) in [6, 6.07) is 0. The first-order valence-corrected chi connectivity index (χ1v) is 5.32. The summed E-state index contributed by atoms with van der Waals surface area (Å²) < 4.78 is 5.46. The molecule has 0 spiro atoms. The number of ether oxygens (including phenoxy) is 1. The number of amides is 1. The van der Waals surface area contributed by atoms with Crippen LogP contribution in [0.15, 0.2) is 12.7 Å². The second kappa shape index (κ2) is 5.88. The number of aliphatic hydroxyl groups is 1. The molecule has 0 aromatic carbocycles. The van der Waals surface area contributed by atoms with Gasteiger partial charge in [0.1, 0.15) is 0 Å². The van der Waals surface area contributed by atoms with Gasteiger partial charge in [0.2, 0.25) is 5.91 Å². The summed E-state index contributed by atoms with van der Waals surface area (Å²) in [5.41, 5.74) is 0. The Balaban J connectivity index is 2.45. The highest BCUT2D eigenvalue weighted by Crippen LogP contribution is 2.12. The molecule has 1 fully saturated rings. The van der Waals surface area contributed by atoms with Crippen molar-refractivity contribution < 1.29 is 14.6 Å². The van der Waals surface area contributed by atoms with E-state index < -0.39 is 0 Å². The first-order valence-electron chi connectivity index (χ1n) is 5.32. The van der Waals surface area contributed by atoms with E-state index in [9.17, 15) is 4.79 Å². The van der Waals surface area contributed by atoms with Crippen LogP contribution in [0.3, 0.4) is 0 Å². The standard InChI is InChI=1S/C11H19NO3/c1-3-4-5-11(14)12-6-9(2)15-10(7-12)8-13/h3,9-10,13H,1,4-8H2,2H3. The fourth-order valence-corrected chi connectivity index (χ4v) is 1.73. The summed E-state index contributed by atoms with van der Waals surface area (Å²) in [5.74, 6) is 0.114. The van der Waals surface area contributed by atoms with E-state index >= 15 is 0 Å². The minimum absolute atomic E-state index is 0.00332. The van der Waals surface area contributed by atoms with Gasteiger partial charge in [0.15, 0.2) is 0 Å². The van der Waals surface area contributed by atoms with E-state index in [4.69, 9.17) is 9.84 Å². The molecule has 1 saturated heterocycles. The maximum atomic E-state index is 11.7. The molecule has 0 bridgehead atoms. The number of carbonyl (C=O) groups is 1. The third-order valence-corrected chi connectivity index (χ3v) is 2.44. The summed E-state index contributed by atoms with van der Waals surface area (Å²) in [5, 5.41) is 9.01. The fraction of sp³-hybridized carbons (Fsp3) is 0.727. The Hall–Kier alpha value is -0.870. The molecule has 1 heterocycles. The Morgan fingerprint density at radius 1 is 1.67 bits per heavy atom. The molecule has 2 unspecified atom stereocenters. The second-order valence-electron chi connectivity index (χ2n) is 3.88. The lowest BCUT2D eigenvalue weighted by Gasteiger charge is -2.36. The van der Waals surface area contributed by atoms with Gasteiger partial charge >= 0.3 is 0 Å². The van der Waals surface area contributed by atoms with Crippen LogP contribution < -0.4 is 0 Å². The number of hydrogen-bond donors (Lipinski definition) is 1. The molecule has 1 aliphatic heterocycles. The number of aliphatic hydroxyl groups excluding tert-OH is 1. The quantitative estimate of drug-likeness (QED) is 0.694. The lowest BCUT2D eigenvalue weighted by molar-refractivity contribution is -0.147. The topological polar surface area (TPSA) is 49.8 Å². The lowest BCUT2D eigenvalue weighted by Crippen LogP contribution is -2.50. The van der Waals surface area contributed by atoms with Gasteiger partial charge in [-0.3, -0.25) is 4.79 Å². The van der Waals surface area contributed by atoms with Crippen LogP contribution in [0.25, 0.3) is 0 Å². The second-order valence-corrected chi connectivity index (χ2v) is 3.88. The minimum atomic E-state index is -0.235. The molecule has 1 N–H and O–H groups in total. The molecule has 0 aliphatic carbocycles. The van der Waals surface area contributed by atoms with Gasteiger partial charge in [0.25, 0.3) is 0 Å². The van der Waals surface area contributed by atoms with E-state index in [1.165, 1.54) is 0 Å². The van der Waals surface area contributed by atoms with Crippen LogP contribution in [-0.4, -0.2) is 47.8 Å². The molecule has 0 saturated carbocycles. The Labute approximate surface area is 90.5 Å². The fourth-order valence-electron chi connectivity index (χ4n) is 1.73. The lowest BCUT2D eigenvalue weighted by atomic mass is 10.2. The van der Waals surface area contributed by atoms with E-state index in [1.807, 2.05) is 6.92 Å². The molecule has 0 aromatic heterocycles. The Bertz CT molecular complexity index is 230. The molecule has 1 amide bonds. The molecular formula is C11H19NO3. The molecule has 1 aliphatic rings. The first kappa shape index (κ1) is 12.2. The molecule has 86 valence electrons. The molecule has 4 heteroatoms. The molecule has 0 aromatic rings. The molecular weight excluding hydrogens is 194 g/mol. The van der Waals surface area contributed by atoms with Gasteiger partial charge in [0.05, 0.1) is 18.8 Å². The number of allylic oxidation sites excluding steroid dienone is 1. The zero-order valence-electron chi connectivity index (χ0n) is 9.19. The summed E-state index contributed by atoms with van der Waals surface area (Å²) in [6.07, 6.45) is 2.71. The monoisotopic (exact) mass is 213 g/mol. The average molecular weight is 213 g/mol. The van der Waals surface area contributed by atoms with Crippen LogP contribution in [0.2, 0.25) is 0 Å². The van der Waals surface area contributed by atoms with Crippen molar-refractivity contribution >= 4 is 5.91 Å². The molecule has 2 atom stereocenters. The van der Waals surface area contributed by atoms with E-state index in [1.54, 1.807) is 11.0 Å². The summed E-state index contributed by atoms with van der Waals surface area (Å²) >= 11 is 0. The van der Waals surface area contributed by atoms with Crippen molar-refractivity contribution in [3.05, 3.63) is 12.7 Å². The first-order chi connectivity index (χ1) is 7.17. The molecule has 0 radical (unpaired) electrons. The Kier molecular flexibility index (Phi) is 4.78. The van der Waals surface area contributed by atoms with Crippen LogP contribution >= 0.6 is 0 Å². The van der Waals surface area contributed by atoms with Gasteiger partial charge in [0, 0.05) is 19.5 Å². The smallest absolute Gasteiger partial charge is 0.223 e. The van der Waals surface area contributed by atoms with E-state index in [-0.39, 0.29) is 24.7 Å². The maximum absolute atomic E-state index is 11.7. The van der Waals surface area contributed by atoms with Crippen LogP contribution in [0.1, 0.15) is 19.8 Å². The average Bonchev–Trinajstić information content (AvgIpc) is 2.24. The minimum Gasteiger partial charge on any atom is -0.394 e. The number of morpholine rings is 1. The van der Waals surface area contributed by atoms with Crippen molar-refractivity contribution in [3.63, 3.8) is 0 Å². The Morgan fingerprint density at radius 3 is 3.00 bits per heavy atom. The molecule has 15 heavy (non-hydrogen) atoms.